The number of benzene rings is 2. The number of rotatable bonds is 6. The van der Waals surface area contributed by atoms with Crippen LogP contribution in [0, 0.1) is 3.57 Å². The smallest absolute Gasteiger partial charge is 0.328 e. The molecule has 0 spiro atoms. The summed E-state index contributed by atoms with van der Waals surface area (Å²) in [5.41, 5.74) is 7.29. The van der Waals surface area contributed by atoms with Crippen molar-refractivity contribution in [1.29, 1.82) is 0 Å². The van der Waals surface area contributed by atoms with E-state index in [-0.39, 0.29) is 11.5 Å². The second kappa shape index (κ2) is 12.0. The van der Waals surface area contributed by atoms with Gasteiger partial charge in [0.15, 0.2) is 0 Å². The molecule has 0 saturated heterocycles. The normalized spacial score (nSPS) is 11.4. The summed E-state index contributed by atoms with van der Waals surface area (Å²) in [5.74, 6) is -0.981. The van der Waals surface area contributed by atoms with E-state index in [0.29, 0.717) is 16.6 Å². The molecule has 0 saturated carbocycles. The molecule has 0 amide bonds. The van der Waals surface area contributed by atoms with E-state index in [0.717, 1.165) is 17.2 Å². The number of nitrogens with two attached hydrogens (primary N) is 1. The maximum atomic E-state index is 11.2. The van der Waals surface area contributed by atoms with Crippen LogP contribution in [0.4, 0.5) is 0 Å². The van der Waals surface area contributed by atoms with Gasteiger partial charge in [-0.1, -0.05) is 18.2 Å². The molecule has 7 nitrogen and oxygen atoms in total. The first-order chi connectivity index (χ1) is 13.2. The number of aliphatic carboxylic acids is 1. The highest BCUT2D eigenvalue weighted by molar-refractivity contribution is 14.1. The molecule has 2 rings (SSSR count). The number of halogens is 1. The molecular formula is C20H22INO6. The number of carboxylic acids is 1. The van der Waals surface area contributed by atoms with Crippen molar-refractivity contribution >= 4 is 40.6 Å². The van der Waals surface area contributed by atoms with Gasteiger partial charge in [-0.25, -0.2) is 4.79 Å². The first kappa shape index (κ1) is 23.4. The van der Waals surface area contributed by atoms with Crippen LogP contribution in [0.1, 0.15) is 18.1 Å². The van der Waals surface area contributed by atoms with Gasteiger partial charge in [-0.15, -0.1) is 0 Å². The van der Waals surface area contributed by atoms with E-state index in [1.54, 1.807) is 43.3 Å². The Bertz CT molecular complexity index is 820. The zero-order chi connectivity index (χ0) is 21.1. The van der Waals surface area contributed by atoms with Crippen molar-refractivity contribution < 1.29 is 29.6 Å². The highest BCUT2D eigenvalue weighted by Gasteiger charge is 2.14. The fourth-order valence-electron chi connectivity index (χ4n) is 2.01. The zero-order valence-corrected chi connectivity index (χ0v) is 17.4. The van der Waals surface area contributed by atoms with Crippen LogP contribution in [0.5, 0.6) is 11.5 Å². The molecule has 28 heavy (non-hydrogen) atoms. The third kappa shape index (κ3) is 8.87. The Kier molecular flexibility index (Phi) is 10.0. The Balaban J connectivity index is 0.000000283. The molecule has 2 aromatic carbocycles. The maximum Gasteiger partial charge on any atom is 0.328 e. The summed E-state index contributed by atoms with van der Waals surface area (Å²) in [4.78, 5) is 21.4. The second-order valence-electron chi connectivity index (χ2n) is 5.61. The third-order valence-electron chi connectivity index (χ3n) is 3.37. The van der Waals surface area contributed by atoms with Crippen LogP contribution in [0.3, 0.4) is 0 Å². The molecule has 0 aliphatic rings. The molecule has 0 aliphatic heterocycles. The number of carbonyl (C=O) groups excluding carboxylic acids is 1. The number of aromatic hydroxyl groups is 2. The van der Waals surface area contributed by atoms with Crippen LogP contribution in [-0.2, 0) is 20.7 Å². The van der Waals surface area contributed by atoms with E-state index >= 15 is 0 Å². The lowest BCUT2D eigenvalue weighted by Gasteiger charge is -2.10. The SMILES string of the molecule is CCOC(=O)[C@@H](N)Cc1ccc(O)cc1.O=C(O)C=Cc1ccc(O)c(I)c1. The van der Waals surface area contributed by atoms with Crippen molar-refractivity contribution in [2.24, 2.45) is 5.73 Å². The molecule has 1 atom stereocenters. The van der Waals surface area contributed by atoms with Crippen molar-refractivity contribution in [3.8, 4) is 11.5 Å². The number of carboxylic acid groups (broad SMARTS) is 1. The number of carbonyl (C=O) groups is 2. The first-order valence-corrected chi connectivity index (χ1v) is 9.40. The van der Waals surface area contributed by atoms with Gasteiger partial charge in [0.2, 0.25) is 0 Å². The Morgan fingerprint density at radius 2 is 1.82 bits per heavy atom. The minimum absolute atomic E-state index is 0.198. The second-order valence-corrected chi connectivity index (χ2v) is 6.77. The number of ether oxygens (including phenoxy) is 1. The molecule has 5 N–H and O–H groups in total. The molecule has 0 heterocycles. The molecule has 0 radical (unpaired) electrons. The predicted molar refractivity (Wildman–Crippen MR) is 114 cm³/mol. The van der Waals surface area contributed by atoms with Gasteiger partial charge in [0.05, 0.1) is 10.2 Å². The molecule has 0 aromatic heterocycles. The number of esters is 1. The minimum atomic E-state index is -0.983. The predicted octanol–water partition coefficient (Wildman–Crippen LogP) is 2.92. The van der Waals surface area contributed by atoms with Crippen LogP contribution in [0.15, 0.2) is 48.5 Å². The fourth-order valence-corrected chi connectivity index (χ4v) is 2.55. The highest BCUT2D eigenvalue weighted by Crippen LogP contribution is 2.20. The van der Waals surface area contributed by atoms with Crippen LogP contribution < -0.4 is 5.73 Å². The largest absolute Gasteiger partial charge is 0.508 e. The van der Waals surface area contributed by atoms with Gasteiger partial charge in [-0.3, -0.25) is 4.79 Å². The van der Waals surface area contributed by atoms with Crippen LogP contribution >= 0.6 is 22.6 Å². The van der Waals surface area contributed by atoms with E-state index < -0.39 is 18.0 Å². The topological polar surface area (TPSA) is 130 Å². The van der Waals surface area contributed by atoms with Crippen LogP contribution in [-0.4, -0.2) is 39.9 Å². The van der Waals surface area contributed by atoms with E-state index in [2.05, 4.69) is 0 Å². The summed E-state index contributed by atoms with van der Waals surface area (Å²) in [6.45, 7) is 2.08. The Hall–Kier alpha value is -2.59. The Morgan fingerprint density at radius 1 is 1.18 bits per heavy atom. The van der Waals surface area contributed by atoms with Gasteiger partial charge < -0.3 is 25.8 Å². The van der Waals surface area contributed by atoms with Gasteiger partial charge in [0.25, 0.3) is 0 Å². The molecule has 0 unspecified atom stereocenters. The summed E-state index contributed by atoms with van der Waals surface area (Å²) in [7, 11) is 0. The van der Waals surface area contributed by atoms with Gasteiger partial charge in [0.1, 0.15) is 17.5 Å². The van der Waals surface area contributed by atoms with Crippen molar-refractivity contribution in [2.75, 3.05) is 6.61 Å². The molecule has 0 bridgehead atoms. The monoisotopic (exact) mass is 499 g/mol. The van der Waals surface area contributed by atoms with Gasteiger partial charge in [0, 0.05) is 6.08 Å². The summed E-state index contributed by atoms with van der Waals surface area (Å²) >= 11 is 1.98. The van der Waals surface area contributed by atoms with Crippen LogP contribution in [0.25, 0.3) is 6.08 Å². The lowest BCUT2D eigenvalue weighted by Crippen LogP contribution is -2.34. The molecular weight excluding hydrogens is 477 g/mol. The molecule has 2 aromatic rings. The van der Waals surface area contributed by atoms with Gasteiger partial charge in [-0.05, 0) is 77.4 Å². The van der Waals surface area contributed by atoms with Crippen LogP contribution in [0.2, 0.25) is 0 Å². The maximum absolute atomic E-state index is 11.2. The van der Waals surface area contributed by atoms with E-state index in [1.807, 2.05) is 22.6 Å². The quantitative estimate of drug-likeness (QED) is 0.273. The number of hydrogen-bond acceptors (Lipinski definition) is 6. The van der Waals surface area contributed by atoms with Gasteiger partial charge in [-0.2, -0.15) is 0 Å². The number of phenolic OH excluding ortho intramolecular Hbond substituents is 2. The zero-order valence-electron chi connectivity index (χ0n) is 15.2. The van der Waals surface area contributed by atoms with Crippen molar-refractivity contribution in [2.45, 2.75) is 19.4 Å². The number of phenols is 2. The first-order valence-electron chi connectivity index (χ1n) is 8.32. The van der Waals surface area contributed by atoms with Gasteiger partial charge >= 0.3 is 11.9 Å². The Morgan fingerprint density at radius 3 is 2.36 bits per heavy atom. The fraction of sp³-hybridized carbons (Fsp3) is 0.200. The molecule has 150 valence electrons. The Labute approximate surface area is 176 Å². The molecule has 0 fully saturated rings. The summed E-state index contributed by atoms with van der Waals surface area (Å²) < 4.78 is 5.49. The lowest BCUT2D eigenvalue weighted by atomic mass is 10.1. The van der Waals surface area contributed by atoms with Crippen molar-refractivity contribution in [3.63, 3.8) is 0 Å². The number of hydrogen-bond donors (Lipinski definition) is 4. The summed E-state index contributed by atoms with van der Waals surface area (Å²) in [6, 6.07) is 10.8. The van der Waals surface area contributed by atoms with Crippen molar-refractivity contribution in [1.82, 2.24) is 0 Å². The summed E-state index contributed by atoms with van der Waals surface area (Å²) in [5, 5.41) is 26.6. The standard InChI is InChI=1S/C11H15NO3.C9H7IO3/c1-2-15-11(14)10(12)7-8-3-5-9(13)6-4-8;10-7-5-6(1-3-8(7)11)2-4-9(12)13/h3-6,10,13H,2,7,12H2,1H3;1-5,11H,(H,12,13)/t10-;/m0./s1. The highest BCUT2D eigenvalue weighted by atomic mass is 127. The molecule has 0 aliphatic carbocycles. The average Bonchev–Trinajstić information content (AvgIpc) is 2.65. The van der Waals surface area contributed by atoms with Crippen molar-refractivity contribution in [3.05, 3.63) is 63.2 Å². The van der Waals surface area contributed by atoms with E-state index in [1.165, 1.54) is 12.1 Å². The summed E-state index contributed by atoms with van der Waals surface area (Å²) in [6.07, 6.45) is 2.95. The lowest BCUT2D eigenvalue weighted by molar-refractivity contribution is -0.144. The molecule has 8 heteroatoms. The van der Waals surface area contributed by atoms with E-state index in [4.69, 9.17) is 20.7 Å². The average molecular weight is 499 g/mol. The minimum Gasteiger partial charge on any atom is -0.508 e. The van der Waals surface area contributed by atoms with E-state index in [9.17, 15) is 14.7 Å². The third-order valence-corrected chi connectivity index (χ3v) is 4.24.